The van der Waals surface area contributed by atoms with E-state index >= 15 is 0 Å². The zero-order chi connectivity index (χ0) is 19.7. The predicted octanol–water partition coefficient (Wildman–Crippen LogP) is 1.67. The summed E-state index contributed by atoms with van der Waals surface area (Å²) in [5.41, 5.74) is 0.860. The fraction of sp³-hybridized carbons (Fsp3) is 0.737. The molecular formula is C19H32N4O3. The highest BCUT2D eigenvalue weighted by Gasteiger charge is 2.24. The van der Waals surface area contributed by atoms with Gasteiger partial charge in [0, 0.05) is 31.8 Å². The third-order valence-corrected chi connectivity index (χ3v) is 4.07. The molecule has 0 aromatic rings. The van der Waals surface area contributed by atoms with Gasteiger partial charge in [0.1, 0.15) is 6.54 Å². The van der Waals surface area contributed by atoms with E-state index in [9.17, 15) is 14.9 Å². The van der Waals surface area contributed by atoms with Crippen molar-refractivity contribution in [2.24, 2.45) is 11.8 Å². The number of ether oxygens (including phenoxy) is 1. The number of nitriles is 1. The van der Waals surface area contributed by atoms with Gasteiger partial charge in [0.2, 0.25) is 11.8 Å². The van der Waals surface area contributed by atoms with Crippen molar-refractivity contribution < 1.29 is 14.3 Å². The van der Waals surface area contributed by atoms with E-state index in [1.165, 1.54) is 0 Å². The van der Waals surface area contributed by atoms with Crippen LogP contribution in [0.2, 0.25) is 0 Å². The number of rotatable bonds is 9. The SMILES string of the molecule is C=C(CN(CC(C)C)C(=O)CN(C#N)C(=O)CC(C)C)N1CCOCC1. The Kier molecular flexibility index (Phi) is 9.14. The smallest absolute Gasteiger partial charge is 0.243 e. The van der Waals surface area contributed by atoms with Gasteiger partial charge in [-0.25, -0.2) is 4.90 Å². The van der Waals surface area contributed by atoms with Crippen molar-refractivity contribution in [2.75, 3.05) is 45.9 Å². The van der Waals surface area contributed by atoms with Crippen LogP contribution in [0.3, 0.4) is 0 Å². The molecule has 1 saturated heterocycles. The zero-order valence-electron chi connectivity index (χ0n) is 16.5. The molecule has 0 radical (unpaired) electrons. The van der Waals surface area contributed by atoms with Gasteiger partial charge >= 0.3 is 0 Å². The third kappa shape index (κ3) is 7.44. The molecule has 2 amide bonds. The van der Waals surface area contributed by atoms with E-state index in [4.69, 9.17) is 4.74 Å². The minimum Gasteiger partial charge on any atom is -0.378 e. The van der Waals surface area contributed by atoms with Crippen LogP contribution < -0.4 is 0 Å². The molecule has 26 heavy (non-hydrogen) atoms. The van der Waals surface area contributed by atoms with Crippen molar-refractivity contribution in [1.29, 1.82) is 5.26 Å². The highest BCUT2D eigenvalue weighted by molar-refractivity contribution is 5.86. The number of hydrogen-bond acceptors (Lipinski definition) is 5. The van der Waals surface area contributed by atoms with Crippen LogP contribution in [-0.2, 0) is 14.3 Å². The number of morpholine rings is 1. The van der Waals surface area contributed by atoms with Gasteiger partial charge in [-0.3, -0.25) is 9.59 Å². The molecule has 0 atom stereocenters. The number of carbonyl (C=O) groups excluding carboxylic acids is 2. The van der Waals surface area contributed by atoms with Gasteiger partial charge < -0.3 is 14.5 Å². The maximum absolute atomic E-state index is 12.8. The molecule has 0 aromatic heterocycles. The van der Waals surface area contributed by atoms with E-state index in [1.807, 2.05) is 33.9 Å². The second-order valence-electron chi connectivity index (χ2n) is 7.51. The highest BCUT2D eigenvalue weighted by atomic mass is 16.5. The van der Waals surface area contributed by atoms with Crippen LogP contribution in [0.4, 0.5) is 0 Å². The fourth-order valence-electron chi connectivity index (χ4n) is 2.77. The number of carbonyl (C=O) groups is 2. The van der Waals surface area contributed by atoms with E-state index in [1.54, 1.807) is 4.90 Å². The first-order chi connectivity index (χ1) is 12.2. The summed E-state index contributed by atoms with van der Waals surface area (Å²) in [6.07, 6.45) is 2.11. The molecular weight excluding hydrogens is 332 g/mol. The van der Waals surface area contributed by atoms with Crippen molar-refractivity contribution in [1.82, 2.24) is 14.7 Å². The van der Waals surface area contributed by atoms with Crippen molar-refractivity contribution in [2.45, 2.75) is 34.1 Å². The van der Waals surface area contributed by atoms with Gasteiger partial charge in [0.25, 0.3) is 0 Å². The lowest BCUT2D eigenvalue weighted by molar-refractivity contribution is -0.138. The molecule has 1 aliphatic heterocycles. The summed E-state index contributed by atoms with van der Waals surface area (Å²) in [4.78, 5) is 29.7. The lowest BCUT2D eigenvalue weighted by Gasteiger charge is -2.34. The van der Waals surface area contributed by atoms with Crippen molar-refractivity contribution in [3.63, 3.8) is 0 Å². The Balaban J connectivity index is 2.73. The summed E-state index contributed by atoms with van der Waals surface area (Å²) in [7, 11) is 0. The Morgan fingerprint density at radius 2 is 1.73 bits per heavy atom. The predicted molar refractivity (Wildman–Crippen MR) is 99.7 cm³/mol. The molecule has 0 N–H and O–H groups in total. The maximum Gasteiger partial charge on any atom is 0.243 e. The Bertz CT molecular complexity index is 533. The summed E-state index contributed by atoms with van der Waals surface area (Å²) in [5, 5.41) is 9.25. The van der Waals surface area contributed by atoms with E-state index in [0.717, 1.165) is 23.7 Å². The third-order valence-electron chi connectivity index (χ3n) is 4.07. The largest absolute Gasteiger partial charge is 0.378 e. The average molecular weight is 364 g/mol. The second kappa shape index (κ2) is 10.8. The van der Waals surface area contributed by atoms with Crippen molar-refractivity contribution >= 4 is 11.8 Å². The first kappa shape index (κ1) is 22.0. The molecule has 146 valence electrons. The summed E-state index contributed by atoms with van der Waals surface area (Å²) in [6.45, 7) is 15.6. The van der Waals surface area contributed by atoms with Crippen LogP contribution in [0.15, 0.2) is 12.3 Å². The molecule has 0 spiro atoms. The van der Waals surface area contributed by atoms with Crippen LogP contribution in [0.5, 0.6) is 0 Å². The van der Waals surface area contributed by atoms with Crippen LogP contribution in [0.1, 0.15) is 34.1 Å². The molecule has 0 aliphatic carbocycles. The molecule has 7 heteroatoms. The van der Waals surface area contributed by atoms with Gasteiger partial charge in [-0.05, 0) is 11.8 Å². The average Bonchev–Trinajstić information content (AvgIpc) is 2.58. The zero-order valence-corrected chi connectivity index (χ0v) is 16.5. The van der Waals surface area contributed by atoms with Gasteiger partial charge in [-0.15, -0.1) is 0 Å². The quantitative estimate of drug-likeness (QED) is 0.459. The van der Waals surface area contributed by atoms with Gasteiger partial charge in [0.15, 0.2) is 6.19 Å². The van der Waals surface area contributed by atoms with E-state index in [2.05, 4.69) is 11.5 Å². The van der Waals surface area contributed by atoms with E-state index < -0.39 is 0 Å². The molecule has 0 bridgehead atoms. The van der Waals surface area contributed by atoms with E-state index in [-0.39, 0.29) is 36.6 Å². The van der Waals surface area contributed by atoms with Gasteiger partial charge in [-0.2, -0.15) is 5.26 Å². The van der Waals surface area contributed by atoms with Gasteiger partial charge in [-0.1, -0.05) is 34.3 Å². The Labute approximate surface area is 157 Å². The number of nitrogens with zero attached hydrogens (tertiary/aromatic N) is 4. The second-order valence-corrected chi connectivity index (χ2v) is 7.51. The van der Waals surface area contributed by atoms with Crippen molar-refractivity contribution in [3.8, 4) is 6.19 Å². The van der Waals surface area contributed by atoms with E-state index in [0.29, 0.717) is 26.3 Å². The monoisotopic (exact) mass is 364 g/mol. The van der Waals surface area contributed by atoms with Gasteiger partial charge in [0.05, 0.1) is 19.8 Å². The molecule has 0 unspecified atom stereocenters. The molecule has 1 aliphatic rings. The molecule has 0 saturated carbocycles. The topological polar surface area (TPSA) is 76.9 Å². The minimum absolute atomic E-state index is 0.140. The Hall–Kier alpha value is -2.07. The van der Waals surface area contributed by atoms with Crippen LogP contribution in [0.25, 0.3) is 0 Å². The van der Waals surface area contributed by atoms with Crippen molar-refractivity contribution in [3.05, 3.63) is 12.3 Å². The van der Waals surface area contributed by atoms with Crippen LogP contribution in [0, 0.1) is 23.3 Å². The minimum atomic E-state index is -0.313. The normalized spacial score (nSPS) is 14.3. The number of amides is 2. The Morgan fingerprint density at radius 3 is 2.23 bits per heavy atom. The van der Waals surface area contributed by atoms with Crippen LogP contribution in [-0.4, -0.2) is 72.5 Å². The first-order valence-corrected chi connectivity index (χ1v) is 9.22. The fourth-order valence-corrected chi connectivity index (χ4v) is 2.77. The molecule has 7 nitrogen and oxygen atoms in total. The lowest BCUT2D eigenvalue weighted by atomic mass is 10.1. The molecule has 1 fully saturated rings. The standard InChI is InChI=1S/C19H32N4O3/c1-15(2)10-18(24)23(14-20)13-19(25)22(11-16(3)4)12-17(5)21-6-8-26-9-7-21/h15-16H,5-13H2,1-4H3. The molecule has 1 rings (SSSR count). The summed E-state index contributed by atoms with van der Waals surface area (Å²) >= 11 is 0. The Morgan fingerprint density at radius 1 is 1.12 bits per heavy atom. The maximum atomic E-state index is 12.8. The summed E-state index contributed by atoms with van der Waals surface area (Å²) in [6, 6.07) is 0. The first-order valence-electron chi connectivity index (χ1n) is 9.22. The molecule has 1 heterocycles. The molecule has 0 aromatic carbocycles. The number of hydrogen-bond donors (Lipinski definition) is 0. The lowest BCUT2D eigenvalue weighted by Crippen LogP contribution is -2.46. The highest BCUT2D eigenvalue weighted by Crippen LogP contribution is 2.11. The summed E-state index contributed by atoms with van der Waals surface area (Å²) in [5.74, 6) is -0.126. The summed E-state index contributed by atoms with van der Waals surface area (Å²) < 4.78 is 5.35. The van der Waals surface area contributed by atoms with Crippen LogP contribution >= 0.6 is 0 Å².